The molecule has 40 heavy (non-hydrogen) atoms. The quantitative estimate of drug-likeness (QED) is 0.186. The highest BCUT2D eigenvalue weighted by molar-refractivity contribution is 7.90. The number of hydrogen-bond donors (Lipinski definition) is 1. The van der Waals surface area contributed by atoms with E-state index in [4.69, 9.17) is 20.8 Å². The summed E-state index contributed by atoms with van der Waals surface area (Å²) in [6.07, 6.45) is 4.22. The van der Waals surface area contributed by atoms with Crippen LogP contribution in [0.2, 0.25) is 5.02 Å². The van der Waals surface area contributed by atoms with Gasteiger partial charge in [0.1, 0.15) is 45.9 Å². The topological polar surface area (TPSA) is 107 Å². The molecular weight excluding hydrogens is 548 g/mol. The molecule has 0 unspecified atom stereocenters. The molecule has 2 heterocycles. The van der Waals surface area contributed by atoms with E-state index in [0.29, 0.717) is 34.7 Å². The Hall–Kier alpha value is -4.21. The van der Waals surface area contributed by atoms with Crippen LogP contribution < -0.4 is 10.1 Å². The van der Waals surface area contributed by atoms with E-state index in [0.717, 1.165) is 27.7 Å². The molecule has 1 N–H and O–H groups in total. The lowest BCUT2D eigenvalue weighted by Gasteiger charge is -2.12. The second-order valence-electron chi connectivity index (χ2n) is 9.37. The first-order valence-corrected chi connectivity index (χ1v) is 14.9. The first-order chi connectivity index (χ1) is 19.2. The number of rotatable bonds is 10. The molecule has 0 saturated carbocycles. The molecule has 0 atom stereocenters. The number of ether oxygens (including phenoxy) is 1. The zero-order valence-electron chi connectivity index (χ0n) is 22.0. The second kappa shape index (κ2) is 11.9. The van der Waals surface area contributed by atoms with E-state index in [9.17, 15) is 8.42 Å². The van der Waals surface area contributed by atoms with Crippen molar-refractivity contribution in [1.82, 2.24) is 9.97 Å². The number of hydrogen-bond acceptors (Lipinski definition) is 8. The van der Waals surface area contributed by atoms with Gasteiger partial charge in [0.05, 0.1) is 29.1 Å². The molecule has 0 aliphatic rings. The van der Waals surface area contributed by atoms with Gasteiger partial charge in [0.25, 0.3) is 0 Å². The van der Waals surface area contributed by atoms with E-state index in [1.807, 2.05) is 61.5 Å². The van der Waals surface area contributed by atoms with E-state index >= 15 is 0 Å². The van der Waals surface area contributed by atoms with Gasteiger partial charge in [0, 0.05) is 22.9 Å². The molecule has 0 aliphatic heterocycles. The second-order valence-corrected chi connectivity index (χ2v) is 12.0. The molecule has 3 aromatic carbocycles. The SMILES string of the molecule is Cc1cccc(COc2ccc(Nc3ncnc4ccc(-c5ccc(/C=N/CCS(C)(=O)=O)o5)cc34)cc2Cl)c1. The largest absolute Gasteiger partial charge is 0.487 e. The van der Waals surface area contributed by atoms with Crippen LogP contribution in [0.5, 0.6) is 5.75 Å². The van der Waals surface area contributed by atoms with Crippen molar-refractivity contribution in [2.24, 2.45) is 4.99 Å². The van der Waals surface area contributed by atoms with Crippen LogP contribution >= 0.6 is 11.6 Å². The molecule has 8 nitrogen and oxygen atoms in total. The molecule has 0 fully saturated rings. The monoisotopic (exact) mass is 574 g/mol. The summed E-state index contributed by atoms with van der Waals surface area (Å²) in [4.78, 5) is 13.0. The average molecular weight is 575 g/mol. The third-order valence-corrected chi connectivity index (χ3v) is 7.25. The Morgan fingerprint density at radius 1 is 1.05 bits per heavy atom. The van der Waals surface area contributed by atoms with E-state index < -0.39 is 9.84 Å². The number of sulfone groups is 1. The lowest BCUT2D eigenvalue weighted by atomic mass is 10.1. The standard InChI is InChI=1S/C30H27ClN4O4S/c1-20-4-3-5-21(14-20)18-38-29-10-7-23(16-26(29)31)35-30-25-15-22(6-9-27(25)33-19-34-30)28-11-8-24(39-28)17-32-12-13-40(2,36)37/h3-11,14-17,19H,12-13,18H2,1-2H3,(H,33,34,35)/b32-17+. The van der Waals surface area contributed by atoms with Crippen molar-refractivity contribution in [2.45, 2.75) is 13.5 Å². The van der Waals surface area contributed by atoms with Crippen LogP contribution in [0.25, 0.3) is 22.2 Å². The average Bonchev–Trinajstić information content (AvgIpc) is 3.39. The molecule has 0 bridgehead atoms. The first kappa shape index (κ1) is 27.4. The van der Waals surface area contributed by atoms with Gasteiger partial charge < -0.3 is 14.5 Å². The van der Waals surface area contributed by atoms with Crippen LogP contribution in [-0.4, -0.2) is 43.2 Å². The minimum atomic E-state index is -3.06. The summed E-state index contributed by atoms with van der Waals surface area (Å²) < 4.78 is 34.4. The Bertz CT molecular complexity index is 1800. The maximum absolute atomic E-state index is 11.3. The molecular formula is C30H27ClN4O4S. The lowest BCUT2D eigenvalue weighted by Crippen LogP contribution is -2.05. The Kier molecular flexibility index (Phi) is 8.14. The molecule has 10 heteroatoms. The van der Waals surface area contributed by atoms with Gasteiger partial charge >= 0.3 is 0 Å². The van der Waals surface area contributed by atoms with Gasteiger partial charge in [-0.2, -0.15) is 0 Å². The highest BCUT2D eigenvalue weighted by atomic mass is 35.5. The van der Waals surface area contributed by atoms with Crippen molar-refractivity contribution in [3.05, 3.63) is 101 Å². The first-order valence-electron chi connectivity index (χ1n) is 12.5. The van der Waals surface area contributed by atoms with Crippen molar-refractivity contribution in [1.29, 1.82) is 0 Å². The van der Waals surface area contributed by atoms with Crippen LogP contribution in [0.15, 0.2) is 88.5 Å². The van der Waals surface area contributed by atoms with E-state index in [-0.39, 0.29) is 12.3 Å². The van der Waals surface area contributed by atoms with Gasteiger partial charge in [-0.3, -0.25) is 4.99 Å². The molecule has 0 spiro atoms. The van der Waals surface area contributed by atoms with Crippen molar-refractivity contribution in [2.75, 3.05) is 23.9 Å². The number of benzene rings is 3. The molecule has 2 aromatic heterocycles. The maximum Gasteiger partial charge on any atom is 0.149 e. The Labute approximate surface area is 237 Å². The minimum Gasteiger partial charge on any atom is -0.487 e. The molecule has 5 aromatic rings. The summed E-state index contributed by atoms with van der Waals surface area (Å²) in [5.41, 5.74) is 4.60. The fourth-order valence-electron chi connectivity index (χ4n) is 4.06. The molecule has 204 valence electrons. The normalized spacial score (nSPS) is 11.8. The summed E-state index contributed by atoms with van der Waals surface area (Å²) in [5, 5.41) is 4.62. The molecule has 5 rings (SSSR count). The van der Waals surface area contributed by atoms with Crippen LogP contribution in [-0.2, 0) is 16.4 Å². The van der Waals surface area contributed by atoms with Crippen molar-refractivity contribution < 1.29 is 17.6 Å². The van der Waals surface area contributed by atoms with E-state index in [1.165, 1.54) is 24.4 Å². The maximum atomic E-state index is 11.3. The van der Waals surface area contributed by atoms with Gasteiger partial charge in [-0.15, -0.1) is 0 Å². The zero-order chi connectivity index (χ0) is 28.1. The Morgan fingerprint density at radius 2 is 1.93 bits per heavy atom. The smallest absolute Gasteiger partial charge is 0.149 e. The molecule has 0 aliphatic carbocycles. The van der Waals surface area contributed by atoms with Crippen LogP contribution in [0.1, 0.15) is 16.9 Å². The summed E-state index contributed by atoms with van der Waals surface area (Å²) in [6, 6.07) is 23.1. The van der Waals surface area contributed by atoms with Gasteiger partial charge in [-0.25, -0.2) is 18.4 Å². The minimum absolute atomic E-state index is 0.00805. The number of aliphatic imine (C=N–C) groups is 1. The number of fused-ring (bicyclic) bond motifs is 1. The Balaban J connectivity index is 1.32. The third kappa shape index (κ3) is 7.05. The number of aromatic nitrogens is 2. The number of nitrogens with zero attached hydrogens (tertiary/aromatic N) is 3. The van der Waals surface area contributed by atoms with Crippen LogP contribution in [0.3, 0.4) is 0 Å². The predicted octanol–water partition coefficient (Wildman–Crippen LogP) is 6.64. The van der Waals surface area contributed by atoms with Crippen LogP contribution in [0, 0.1) is 6.92 Å². The lowest BCUT2D eigenvalue weighted by molar-refractivity contribution is 0.306. The van der Waals surface area contributed by atoms with Crippen molar-refractivity contribution in [3.63, 3.8) is 0 Å². The summed E-state index contributed by atoms with van der Waals surface area (Å²) >= 11 is 6.54. The summed E-state index contributed by atoms with van der Waals surface area (Å²) in [5.74, 6) is 2.37. The van der Waals surface area contributed by atoms with Gasteiger partial charge in [-0.05, 0) is 61.0 Å². The van der Waals surface area contributed by atoms with Gasteiger partial charge in [0.15, 0.2) is 0 Å². The van der Waals surface area contributed by atoms with Crippen LogP contribution in [0.4, 0.5) is 11.5 Å². The van der Waals surface area contributed by atoms with E-state index in [2.05, 4.69) is 26.3 Å². The molecule has 0 saturated heterocycles. The van der Waals surface area contributed by atoms with Gasteiger partial charge in [-0.1, -0.05) is 41.4 Å². The molecule has 0 radical (unpaired) electrons. The summed E-state index contributed by atoms with van der Waals surface area (Å²) in [7, 11) is -3.06. The molecule has 0 amide bonds. The van der Waals surface area contributed by atoms with Gasteiger partial charge in [0.2, 0.25) is 0 Å². The fraction of sp³-hybridized carbons (Fsp3) is 0.167. The summed E-state index contributed by atoms with van der Waals surface area (Å²) in [6.45, 7) is 2.65. The highest BCUT2D eigenvalue weighted by Gasteiger charge is 2.11. The number of nitrogens with one attached hydrogen (secondary N) is 1. The number of anilines is 2. The van der Waals surface area contributed by atoms with Crippen molar-refractivity contribution in [3.8, 4) is 17.1 Å². The fourth-order valence-corrected chi connectivity index (χ4v) is 4.73. The Morgan fingerprint density at radius 3 is 2.73 bits per heavy atom. The number of halogens is 1. The number of aryl methyl sites for hydroxylation is 1. The number of furan rings is 1. The predicted molar refractivity (Wildman–Crippen MR) is 160 cm³/mol. The van der Waals surface area contributed by atoms with Crippen molar-refractivity contribution >= 4 is 50.1 Å². The van der Waals surface area contributed by atoms with E-state index in [1.54, 1.807) is 12.1 Å². The zero-order valence-corrected chi connectivity index (χ0v) is 23.5. The third-order valence-electron chi connectivity index (χ3n) is 6.03. The highest BCUT2D eigenvalue weighted by Crippen LogP contribution is 2.32.